The zero-order valence-electron chi connectivity index (χ0n) is 16.1. The third kappa shape index (κ3) is 5.67. The van der Waals surface area contributed by atoms with Gasteiger partial charge in [0.15, 0.2) is 0 Å². The molecule has 0 radical (unpaired) electrons. The van der Waals surface area contributed by atoms with Crippen LogP contribution >= 0.6 is 0 Å². The number of piperazine rings is 1. The quantitative estimate of drug-likeness (QED) is 0.657. The molecule has 1 atom stereocenters. The first-order valence-corrected chi connectivity index (χ1v) is 10.3. The normalized spacial score (nSPS) is 29.0. The lowest BCUT2D eigenvalue weighted by atomic mass is 10.2. The number of hydrogen-bond acceptors (Lipinski definition) is 5. The zero-order valence-corrected chi connectivity index (χ0v) is 16.1. The molecule has 0 aromatic rings. The summed E-state index contributed by atoms with van der Waals surface area (Å²) in [6, 6.07) is 0.828. The first-order chi connectivity index (χ1) is 11.7. The predicted octanol–water partition coefficient (Wildman–Crippen LogP) is 1.07. The summed E-state index contributed by atoms with van der Waals surface area (Å²) < 4.78 is 0. The Balaban J connectivity index is 1.22. The molecule has 0 aromatic heterocycles. The molecule has 3 rings (SSSR count). The molecule has 0 aliphatic carbocycles. The number of nitrogens with zero attached hydrogens (tertiary/aromatic N) is 5. The van der Waals surface area contributed by atoms with E-state index in [-0.39, 0.29) is 0 Å². The predicted molar refractivity (Wildman–Crippen MR) is 101 cm³/mol. The summed E-state index contributed by atoms with van der Waals surface area (Å²) in [5.41, 5.74) is 0. The van der Waals surface area contributed by atoms with Gasteiger partial charge in [0.1, 0.15) is 0 Å². The first kappa shape index (κ1) is 18.6. The second kappa shape index (κ2) is 9.48. The van der Waals surface area contributed by atoms with Crippen LogP contribution in [-0.2, 0) is 0 Å². The van der Waals surface area contributed by atoms with Crippen LogP contribution < -0.4 is 0 Å². The third-order valence-electron chi connectivity index (χ3n) is 6.29. The highest BCUT2D eigenvalue weighted by atomic mass is 15.4. The van der Waals surface area contributed by atoms with Gasteiger partial charge in [0, 0.05) is 58.4 Å². The third-order valence-corrected chi connectivity index (χ3v) is 6.29. The molecule has 24 heavy (non-hydrogen) atoms. The molecule has 5 nitrogen and oxygen atoms in total. The molecule has 0 bridgehead atoms. The average Bonchev–Trinajstić information content (AvgIpc) is 3.19. The van der Waals surface area contributed by atoms with Gasteiger partial charge in [-0.25, -0.2) is 0 Å². The molecule has 1 unspecified atom stereocenters. The maximum absolute atomic E-state index is 2.68. The van der Waals surface area contributed by atoms with Crippen LogP contribution in [0.2, 0.25) is 0 Å². The monoisotopic (exact) mass is 337 g/mol. The van der Waals surface area contributed by atoms with E-state index in [4.69, 9.17) is 0 Å². The number of likely N-dealkylation sites (N-methyl/N-ethyl adjacent to an activating group) is 1. The fraction of sp³-hybridized carbons (Fsp3) is 1.00. The molecule has 140 valence electrons. The van der Waals surface area contributed by atoms with Crippen LogP contribution in [0.25, 0.3) is 0 Å². The maximum atomic E-state index is 2.68. The largest absolute Gasteiger partial charge is 0.304 e. The molecule has 3 heterocycles. The van der Waals surface area contributed by atoms with Gasteiger partial charge in [-0.1, -0.05) is 0 Å². The van der Waals surface area contributed by atoms with Crippen LogP contribution in [-0.4, -0.2) is 116 Å². The minimum Gasteiger partial charge on any atom is -0.304 e. The van der Waals surface area contributed by atoms with E-state index in [0.29, 0.717) is 0 Å². The fourth-order valence-electron chi connectivity index (χ4n) is 4.48. The van der Waals surface area contributed by atoms with E-state index in [9.17, 15) is 0 Å². The topological polar surface area (TPSA) is 16.2 Å². The fourth-order valence-corrected chi connectivity index (χ4v) is 4.48. The molecule has 0 aromatic carbocycles. The molecular weight excluding hydrogens is 298 g/mol. The van der Waals surface area contributed by atoms with Crippen molar-refractivity contribution in [2.24, 2.45) is 0 Å². The maximum Gasteiger partial charge on any atom is 0.0507 e. The summed E-state index contributed by atoms with van der Waals surface area (Å²) in [4.78, 5) is 13.1. The smallest absolute Gasteiger partial charge is 0.0507 e. The van der Waals surface area contributed by atoms with Crippen molar-refractivity contribution >= 4 is 0 Å². The first-order valence-electron chi connectivity index (χ1n) is 10.3. The van der Waals surface area contributed by atoms with Gasteiger partial charge in [0.05, 0.1) is 6.67 Å². The summed E-state index contributed by atoms with van der Waals surface area (Å²) in [5.74, 6) is 0. The molecule has 0 spiro atoms. The molecular formula is C19H39N5. The van der Waals surface area contributed by atoms with Crippen molar-refractivity contribution in [3.8, 4) is 0 Å². The SMILES string of the molecule is CC1CCCN1CCCN1CCN(CCCN2CCN(C)CC2)C1. The van der Waals surface area contributed by atoms with Crippen molar-refractivity contribution in [3.63, 3.8) is 0 Å². The van der Waals surface area contributed by atoms with Crippen molar-refractivity contribution in [2.45, 2.75) is 38.6 Å². The van der Waals surface area contributed by atoms with Gasteiger partial charge < -0.3 is 14.7 Å². The minimum absolute atomic E-state index is 0.828. The molecule has 0 N–H and O–H groups in total. The van der Waals surface area contributed by atoms with Crippen molar-refractivity contribution < 1.29 is 0 Å². The van der Waals surface area contributed by atoms with Gasteiger partial charge in [-0.2, -0.15) is 0 Å². The van der Waals surface area contributed by atoms with Gasteiger partial charge in [-0.15, -0.1) is 0 Å². The Morgan fingerprint density at radius 3 is 1.92 bits per heavy atom. The molecule has 3 fully saturated rings. The number of hydrogen-bond donors (Lipinski definition) is 0. The minimum atomic E-state index is 0.828. The van der Waals surface area contributed by atoms with Crippen LogP contribution in [0.1, 0.15) is 32.6 Å². The molecule has 3 saturated heterocycles. The van der Waals surface area contributed by atoms with Crippen molar-refractivity contribution in [3.05, 3.63) is 0 Å². The van der Waals surface area contributed by atoms with Gasteiger partial charge in [-0.05, 0) is 59.3 Å². The van der Waals surface area contributed by atoms with E-state index in [1.807, 2.05) is 0 Å². The van der Waals surface area contributed by atoms with Crippen LogP contribution in [0, 0.1) is 0 Å². The van der Waals surface area contributed by atoms with Crippen molar-refractivity contribution in [1.82, 2.24) is 24.5 Å². The molecule has 0 saturated carbocycles. The highest BCUT2D eigenvalue weighted by Gasteiger charge is 2.22. The molecule has 3 aliphatic heterocycles. The summed E-state index contributed by atoms with van der Waals surface area (Å²) in [7, 11) is 2.24. The highest BCUT2D eigenvalue weighted by molar-refractivity contribution is 4.77. The van der Waals surface area contributed by atoms with Crippen molar-refractivity contribution in [1.29, 1.82) is 0 Å². The summed E-state index contributed by atoms with van der Waals surface area (Å²) in [6.45, 7) is 17.7. The van der Waals surface area contributed by atoms with Gasteiger partial charge in [-0.3, -0.25) is 9.80 Å². The second-order valence-electron chi connectivity index (χ2n) is 8.26. The lowest BCUT2D eigenvalue weighted by Crippen LogP contribution is -2.45. The Morgan fingerprint density at radius 2 is 1.29 bits per heavy atom. The second-order valence-corrected chi connectivity index (χ2v) is 8.26. The Kier molecular flexibility index (Phi) is 7.35. The Morgan fingerprint density at radius 1 is 0.708 bits per heavy atom. The lowest BCUT2D eigenvalue weighted by molar-refractivity contribution is 0.145. The highest BCUT2D eigenvalue weighted by Crippen LogP contribution is 2.16. The van der Waals surface area contributed by atoms with Crippen LogP contribution in [0.15, 0.2) is 0 Å². The van der Waals surface area contributed by atoms with Crippen LogP contribution in [0.4, 0.5) is 0 Å². The molecule has 3 aliphatic rings. The van der Waals surface area contributed by atoms with Gasteiger partial charge in [0.2, 0.25) is 0 Å². The van der Waals surface area contributed by atoms with E-state index in [1.54, 1.807) is 0 Å². The van der Waals surface area contributed by atoms with Gasteiger partial charge in [0.25, 0.3) is 0 Å². The van der Waals surface area contributed by atoms with Crippen LogP contribution in [0.5, 0.6) is 0 Å². The Bertz CT molecular complexity index is 356. The summed E-state index contributed by atoms with van der Waals surface area (Å²) in [5, 5.41) is 0. The average molecular weight is 338 g/mol. The van der Waals surface area contributed by atoms with E-state index in [2.05, 4.69) is 38.5 Å². The van der Waals surface area contributed by atoms with E-state index >= 15 is 0 Å². The standard InChI is InChI=1S/C19H39N5/c1-19-6-3-10-24(19)11-5-9-23-17-16-22(18-23)8-4-7-21-14-12-20(2)13-15-21/h19H,3-18H2,1-2H3. The van der Waals surface area contributed by atoms with E-state index in [0.717, 1.165) is 6.04 Å². The van der Waals surface area contributed by atoms with E-state index < -0.39 is 0 Å². The number of rotatable bonds is 8. The van der Waals surface area contributed by atoms with Crippen LogP contribution in [0.3, 0.4) is 0 Å². The Labute approximate surface area is 149 Å². The summed E-state index contributed by atoms with van der Waals surface area (Å²) >= 11 is 0. The molecule has 0 amide bonds. The number of likely N-dealkylation sites (tertiary alicyclic amines) is 1. The zero-order chi connectivity index (χ0) is 16.8. The summed E-state index contributed by atoms with van der Waals surface area (Å²) in [6.07, 6.45) is 5.50. The van der Waals surface area contributed by atoms with E-state index in [1.165, 1.54) is 104 Å². The molecule has 5 heteroatoms. The van der Waals surface area contributed by atoms with Gasteiger partial charge >= 0.3 is 0 Å². The Hall–Kier alpha value is -0.200. The van der Waals surface area contributed by atoms with Crippen molar-refractivity contribution in [2.75, 3.05) is 85.7 Å². The lowest BCUT2D eigenvalue weighted by Gasteiger charge is -2.32.